The lowest BCUT2D eigenvalue weighted by Crippen LogP contribution is -2.32. The molecule has 0 radical (unpaired) electrons. The van der Waals surface area contributed by atoms with E-state index in [2.05, 4.69) is 59.3 Å². The van der Waals surface area contributed by atoms with Gasteiger partial charge < -0.3 is 14.5 Å². The molecule has 0 amide bonds. The number of ether oxygens (including phenoxy) is 1. The summed E-state index contributed by atoms with van der Waals surface area (Å²) in [5.41, 5.74) is 2.51. The highest BCUT2D eigenvalue weighted by atomic mass is 16.5. The van der Waals surface area contributed by atoms with E-state index in [9.17, 15) is 0 Å². The summed E-state index contributed by atoms with van der Waals surface area (Å²) in [6.45, 7) is 3.26. The zero-order valence-electron chi connectivity index (χ0n) is 12.3. The van der Waals surface area contributed by atoms with Gasteiger partial charge in [-0.1, -0.05) is 30.3 Å². The van der Waals surface area contributed by atoms with Crippen LogP contribution in [0.25, 0.3) is 0 Å². The fourth-order valence-electron chi connectivity index (χ4n) is 3.45. The van der Waals surface area contributed by atoms with E-state index in [0.717, 1.165) is 31.1 Å². The highest BCUT2D eigenvalue weighted by molar-refractivity contribution is 5.64. The van der Waals surface area contributed by atoms with Crippen molar-refractivity contribution in [3.63, 3.8) is 0 Å². The number of fused-ring (bicyclic) bond motifs is 5. The average Bonchev–Trinajstić information content (AvgIpc) is 2.76. The van der Waals surface area contributed by atoms with Gasteiger partial charge in [-0.25, -0.2) is 0 Å². The van der Waals surface area contributed by atoms with Gasteiger partial charge in [0.15, 0.2) is 5.75 Å². The molecule has 1 atom stereocenters. The molecule has 0 bridgehead atoms. The van der Waals surface area contributed by atoms with Crippen molar-refractivity contribution in [2.45, 2.75) is 12.5 Å². The fourth-order valence-corrected chi connectivity index (χ4v) is 3.45. The summed E-state index contributed by atoms with van der Waals surface area (Å²) < 4.78 is 6.21. The van der Waals surface area contributed by atoms with Crippen molar-refractivity contribution in [3.8, 4) is 11.5 Å². The van der Waals surface area contributed by atoms with Crippen molar-refractivity contribution < 1.29 is 4.74 Å². The van der Waals surface area contributed by atoms with Gasteiger partial charge in [0.2, 0.25) is 0 Å². The maximum atomic E-state index is 6.21. The van der Waals surface area contributed by atoms with Crippen molar-refractivity contribution >= 4 is 5.69 Å². The molecule has 2 aromatic rings. The molecule has 2 heterocycles. The Morgan fingerprint density at radius 3 is 2.62 bits per heavy atom. The Kier molecular flexibility index (Phi) is 3.08. The van der Waals surface area contributed by atoms with E-state index in [1.807, 2.05) is 6.07 Å². The molecular weight excluding hydrogens is 260 g/mol. The minimum Gasteiger partial charge on any atom is -0.455 e. The molecular formula is C18H20N2O. The zero-order valence-corrected chi connectivity index (χ0v) is 12.3. The van der Waals surface area contributed by atoms with Gasteiger partial charge in [0, 0.05) is 18.7 Å². The maximum absolute atomic E-state index is 6.21. The van der Waals surface area contributed by atoms with Crippen molar-refractivity contribution in [1.82, 2.24) is 4.90 Å². The van der Waals surface area contributed by atoms with E-state index < -0.39 is 0 Å². The lowest BCUT2D eigenvalue weighted by molar-refractivity contribution is 0.332. The second kappa shape index (κ2) is 5.08. The van der Waals surface area contributed by atoms with E-state index in [-0.39, 0.29) is 0 Å². The molecule has 0 aliphatic carbocycles. The summed E-state index contributed by atoms with van der Waals surface area (Å²) in [6.07, 6.45) is 1.18. The first kappa shape index (κ1) is 12.7. The minimum atomic E-state index is 0.359. The minimum absolute atomic E-state index is 0.359. The largest absolute Gasteiger partial charge is 0.455 e. The summed E-state index contributed by atoms with van der Waals surface area (Å²) in [7, 11) is 2.21. The summed E-state index contributed by atoms with van der Waals surface area (Å²) >= 11 is 0. The maximum Gasteiger partial charge on any atom is 0.150 e. The van der Waals surface area contributed by atoms with Gasteiger partial charge in [-0.2, -0.15) is 0 Å². The molecule has 0 spiro atoms. The van der Waals surface area contributed by atoms with Crippen LogP contribution in [0.3, 0.4) is 0 Å². The molecule has 21 heavy (non-hydrogen) atoms. The van der Waals surface area contributed by atoms with E-state index >= 15 is 0 Å². The molecule has 1 fully saturated rings. The quantitative estimate of drug-likeness (QED) is 0.732. The van der Waals surface area contributed by atoms with Crippen LogP contribution in [0.5, 0.6) is 11.5 Å². The van der Waals surface area contributed by atoms with Crippen LogP contribution < -0.4 is 9.64 Å². The molecule has 3 nitrogen and oxygen atoms in total. The Morgan fingerprint density at radius 2 is 1.71 bits per heavy atom. The van der Waals surface area contributed by atoms with Crippen LogP contribution in [0.1, 0.15) is 18.0 Å². The summed E-state index contributed by atoms with van der Waals surface area (Å²) in [6, 6.07) is 17.2. The van der Waals surface area contributed by atoms with Crippen molar-refractivity contribution in [3.05, 3.63) is 54.1 Å². The number of nitrogens with zero attached hydrogens (tertiary/aromatic N) is 2. The molecule has 4 rings (SSSR count). The number of likely N-dealkylation sites (N-methyl/N-ethyl adjacent to an activating group) is 1. The topological polar surface area (TPSA) is 15.7 Å². The van der Waals surface area contributed by atoms with Gasteiger partial charge in [0.25, 0.3) is 0 Å². The monoisotopic (exact) mass is 280 g/mol. The molecule has 1 saturated heterocycles. The number of benzene rings is 2. The summed E-state index contributed by atoms with van der Waals surface area (Å²) in [4.78, 5) is 4.94. The lowest BCUT2D eigenvalue weighted by Gasteiger charge is -2.31. The second-order valence-electron chi connectivity index (χ2n) is 5.93. The molecule has 2 aromatic carbocycles. The Hall–Kier alpha value is -2.00. The highest BCUT2D eigenvalue weighted by Crippen LogP contribution is 2.44. The van der Waals surface area contributed by atoms with Crippen molar-refractivity contribution in [2.75, 3.05) is 31.6 Å². The summed E-state index contributed by atoms with van der Waals surface area (Å²) in [5, 5.41) is 0. The first-order valence-electron chi connectivity index (χ1n) is 7.64. The van der Waals surface area contributed by atoms with E-state index in [1.165, 1.54) is 17.7 Å². The first-order chi connectivity index (χ1) is 10.3. The Balaban J connectivity index is 1.90. The van der Waals surface area contributed by atoms with Crippen molar-refractivity contribution in [2.24, 2.45) is 0 Å². The Morgan fingerprint density at radius 1 is 0.952 bits per heavy atom. The van der Waals surface area contributed by atoms with Gasteiger partial charge in [-0.15, -0.1) is 0 Å². The zero-order chi connectivity index (χ0) is 14.2. The lowest BCUT2D eigenvalue weighted by atomic mass is 10.0. The molecule has 3 heteroatoms. The third kappa shape index (κ3) is 2.18. The van der Waals surface area contributed by atoms with Crippen LogP contribution in [-0.4, -0.2) is 31.6 Å². The molecule has 2 aliphatic heterocycles. The normalized spacial score (nSPS) is 21.4. The van der Waals surface area contributed by atoms with Gasteiger partial charge in [0.05, 0.1) is 11.7 Å². The number of hydrogen-bond donors (Lipinski definition) is 0. The average molecular weight is 280 g/mol. The van der Waals surface area contributed by atoms with E-state index in [4.69, 9.17) is 4.74 Å². The highest BCUT2D eigenvalue weighted by Gasteiger charge is 2.31. The fraction of sp³-hybridized carbons (Fsp3) is 0.333. The van der Waals surface area contributed by atoms with Crippen LogP contribution in [-0.2, 0) is 0 Å². The van der Waals surface area contributed by atoms with Gasteiger partial charge in [-0.3, -0.25) is 0 Å². The molecule has 0 saturated carbocycles. The molecule has 0 aromatic heterocycles. The van der Waals surface area contributed by atoms with Crippen LogP contribution in [0, 0.1) is 0 Å². The van der Waals surface area contributed by atoms with E-state index in [0.29, 0.717) is 6.04 Å². The predicted octanol–water partition coefficient (Wildman–Crippen LogP) is 3.68. The van der Waals surface area contributed by atoms with Crippen LogP contribution >= 0.6 is 0 Å². The SMILES string of the molecule is CN1CCCN2c3ccccc3Oc3ccccc3C2C1. The Labute approximate surface area is 125 Å². The molecule has 2 aliphatic rings. The van der Waals surface area contributed by atoms with Gasteiger partial charge >= 0.3 is 0 Å². The number of hydrogen-bond acceptors (Lipinski definition) is 3. The molecule has 1 unspecified atom stereocenters. The third-order valence-corrected chi connectivity index (χ3v) is 4.47. The van der Waals surface area contributed by atoms with Crippen LogP contribution in [0.15, 0.2) is 48.5 Å². The number of anilines is 1. The van der Waals surface area contributed by atoms with Crippen molar-refractivity contribution in [1.29, 1.82) is 0 Å². The number of rotatable bonds is 0. The third-order valence-electron chi connectivity index (χ3n) is 4.47. The number of para-hydroxylation sites is 3. The second-order valence-corrected chi connectivity index (χ2v) is 5.93. The van der Waals surface area contributed by atoms with Crippen LogP contribution in [0.4, 0.5) is 5.69 Å². The van der Waals surface area contributed by atoms with Crippen LogP contribution in [0.2, 0.25) is 0 Å². The van der Waals surface area contributed by atoms with Gasteiger partial charge in [-0.05, 0) is 38.2 Å². The first-order valence-corrected chi connectivity index (χ1v) is 7.64. The van der Waals surface area contributed by atoms with Gasteiger partial charge in [0.1, 0.15) is 5.75 Å². The molecule has 0 N–H and O–H groups in total. The van der Waals surface area contributed by atoms with E-state index in [1.54, 1.807) is 0 Å². The smallest absolute Gasteiger partial charge is 0.150 e. The summed E-state index contributed by atoms with van der Waals surface area (Å²) in [5.74, 6) is 1.96. The predicted molar refractivity (Wildman–Crippen MR) is 85.2 cm³/mol. The standard InChI is InChI=1S/C18H20N2O/c1-19-11-6-12-20-15-8-3-5-10-18(15)21-17-9-4-2-7-14(17)16(20)13-19/h2-5,7-10,16H,6,11-13H2,1H3. The molecule has 108 valence electrons. The Bertz CT molecular complexity index is 655.